The summed E-state index contributed by atoms with van der Waals surface area (Å²) in [5.74, 6) is -0.906. The number of carbonyl (C=O) groups is 3. The van der Waals surface area contributed by atoms with Crippen LogP contribution in [0.4, 0.5) is 0 Å². The molecule has 1 unspecified atom stereocenters. The lowest BCUT2D eigenvalue weighted by Crippen LogP contribution is -2.30. The van der Waals surface area contributed by atoms with Gasteiger partial charge in [0.25, 0.3) is 0 Å². The minimum absolute atomic E-state index is 0.0834. The standard InChI is InChI=1S/C68H114O6/c1-4-7-10-13-16-18-20-22-24-26-28-30-31-32-33-34-35-36-37-39-40-42-44-46-48-50-52-55-58-61-67(70)73-64-65(63-72-66(69)60-57-54-15-12-9-6-3)74-68(71)62-59-56-53-51-49-47-45-43-41-38-29-27-25-23-21-19-17-14-11-8-5-2/h7,10,16,18,21-24,27-30,32-33,35-36,39-40,65H,4-6,8-9,11-15,17,19-20,25-26,31,34,37-38,41-64H2,1-3H3/b10-7-,18-16-,23-21-,24-22-,29-27-,30-28-,33-32-,36-35-,40-39-. The SMILES string of the molecule is CC/C=C\C/C=C\C/C=C\C/C=C\C/C=C\C/C=C\C/C=C\CCCCCCCCCC(=O)OCC(COC(=O)CCCCCCCC)OC(=O)CCCCCCCCCCC/C=C\C/C=C\CCCCCCC. The molecule has 0 aromatic carbocycles. The van der Waals surface area contributed by atoms with Crippen LogP contribution in [0.25, 0.3) is 0 Å². The van der Waals surface area contributed by atoms with E-state index in [1.807, 2.05) is 0 Å². The number of carbonyl (C=O) groups excluding carboxylic acids is 3. The molecule has 74 heavy (non-hydrogen) atoms. The van der Waals surface area contributed by atoms with Gasteiger partial charge in [0.1, 0.15) is 13.2 Å². The van der Waals surface area contributed by atoms with Crippen LogP contribution < -0.4 is 0 Å². The predicted molar refractivity (Wildman–Crippen MR) is 320 cm³/mol. The molecule has 0 aromatic rings. The van der Waals surface area contributed by atoms with Gasteiger partial charge in [-0.1, -0.05) is 265 Å². The van der Waals surface area contributed by atoms with Gasteiger partial charge in [-0.2, -0.15) is 0 Å². The first kappa shape index (κ1) is 70.1. The molecule has 0 aliphatic heterocycles. The van der Waals surface area contributed by atoms with Crippen LogP contribution in [-0.4, -0.2) is 37.2 Å². The van der Waals surface area contributed by atoms with Crippen molar-refractivity contribution in [2.45, 2.75) is 290 Å². The van der Waals surface area contributed by atoms with E-state index < -0.39 is 6.10 Å². The Hall–Kier alpha value is -3.93. The maximum Gasteiger partial charge on any atom is 0.306 e. The van der Waals surface area contributed by atoms with Gasteiger partial charge in [0.05, 0.1) is 0 Å². The highest BCUT2D eigenvalue weighted by Gasteiger charge is 2.19. The lowest BCUT2D eigenvalue weighted by Gasteiger charge is -2.18. The summed E-state index contributed by atoms with van der Waals surface area (Å²) in [6.07, 6.45) is 84.0. The number of hydrogen-bond acceptors (Lipinski definition) is 6. The number of rotatable bonds is 55. The van der Waals surface area contributed by atoms with E-state index in [1.54, 1.807) is 0 Å². The van der Waals surface area contributed by atoms with Crippen molar-refractivity contribution in [2.75, 3.05) is 13.2 Å². The molecular weight excluding hydrogens is 913 g/mol. The Bertz CT molecular complexity index is 1510. The summed E-state index contributed by atoms with van der Waals surface area (Å²) in [5.41, 5.74) is 0. The van der Waals surface area contributed by atoms with Gasteiger partial charge in [-0.25, -0.2) is 0 Å². The molecule has 0 saturated carbocycles. The molecular formula is C68H114O6. The Labute approximate surface area is 457 Å². The summed E-state index contributed by atoms with van der Waals surface area (Å²) in [7, 11) is 0. The molecule has 6 heteroatoms. The molecule has 1 atom stereocenters. The monoisotopic (exact) mass is 1030 g/mol. The molecule has 0 rings (SSSR count). The highest BCUT2D eigenvalue weighted by molar-refractivity contribution is 5.71. The van der Waals surface area contributed by atoms with Crippen LogP contribution >= 0.6 is 0 Å². The van der Waals surface area contributed by atoms with Crippen molar-refractivity contribution in [1.29, 1.82) is 0 Å². The van der Waals surface area contributed by atoms with Crippen molar-refractivity contribution in [3.05, 3.63) is 109 Å². The van der Waals surface area contributed by atoms with Crippen molar-refractivity contribution in [2.24, 2.45) is 0 Å². The Morgan fingerprint density at radius 1 is 0.284 bits per heavy atom. The topological polar surface area (TPSA) is 78.9 Å². The fourth-order valence-corrected chi connectivity index (χ4v) is 8.39. The first-order chi connectivity index (χ1) is 36.5. The molecule has 0 aliphatic carbocycles. The average molecular weight is 1030 g/mol. The quantitative estimate of drug-likeness (QED) is 0.0261. The van der Waals surface area contributed by atoms with Crippen molar-refractivity contribution < 1.29 is 28.6 Å². The number of ether oxygens (including phenoxy) is 3. The van der Waals surface area contributed by atoms with Crippen LogP contribution in [0.2, 0.25) is 0 Å². The minimum atomic E-state index is -0.784. The van der Waals surface area contributed by atoms with Gasteiger partial charge < -0.3 is 14.2 Å². The van der Waals surface area contributed by atoms with Crippen molar-refractivity contribution in [3.8, 4) is 0 Å². The van der Waals surface area contributed by atoms with E-state index in [1.165, 1.54) is 128 Å². The van der Waals surface area contributed by atoms with E-state index in [-0.39, 0.29) is 31.1 Å². The fourth-order valence-electron chi connectivity index (χ4n) is 8.39. The third-order valence-corrected chi connectivity index (χ3v) is 13.0. The second-order valence-electron chi connectivity index (χ2n) is 20.2. The van der Waals surface area contributed by atoms with E-state index in [0.717, 1.165) is 116 Å². The highest BCUT2D eigenvalue weighted by Crippen LogP contribution is 2.15. The van der Waals surface area contributed by atoms with Gasteiger partial charge >= 0.3 is 17.9 Å². The minimum Gasteiger partial charge on any atom is -0.462 e. The van der Waals surface area contributed by atoms with E-state index >= 15 is 0 Å². The second kappa shape index (κ2) is 61.6. The molecule has 6 nitrogen and oxygen atoms in total. The van der Waals surface area contributed by atoms with Gasteiger partial charge in [0.15, 0.2) is 6.10 Å². The summed E-state index contributed by atoms with van der Waals surface area (Å²) < 4.78 is 16.8. The predicted octanol–water partition coefficient (Wildman–Crippen LogP) is 21.0. The summed E-state index contributed by atoms with van der Waals surface area (Å²) >= 11 is 0. The lowest BCUT2D eigenvalue weighted by atomic mass is 10.1. The number of unbranched alkanes of at least 4 members (excludes halogenated alkanes) is 26. The summed E-state index contributed by atoms with van der Waals surface area (Å²) in [5, 5.41) is 0. The smallest absolute Gasteiger partial charge is 0.306 e. The highest BCUT2D eigenvalue weighted by atomic mass is 16.6. The molecule has 0 aliphatic rings. The first-order valence-corrected chi connectivity index (χ1v) is 30.9. The first-order valence-electron chi connectivity index (χ1n) is 30.9. The molecule has 0 amide bonds. The van der Waals surface area contributed by atoms with Crippen molar-refractivity contribution in [3.63, 3.8) is 0 Å². The Kier molecular flexibility index (Phi) is 58.3. The van der Waals surface area contributed by atoms with Crippen molar-refractivity contribution >= 4 is 17.9 Å². The van der Waals surface area contributed by atoms with Gasteiger partial charge in [-0.15, -0.1) is 0 Å². The van der Waals surface area contributed by atoms with E-state index in [0.29, 0.717) is 19.3 Å². The maximum atomic E-state index is 12.8. The van der Waals surface area contributed by atoms with Gasteiger partial charge in [-0.05, 0) is 109 Å². The molecule has 422 valence electrons. The molecule has 0 N–H and O–H groups in total. The third kappa shape index (κ3) is 59.0. The van der Waals surface area contributed by atoms with Gasteiger partial charge in [-0.3, -0.25) is 14.4 Å². The zero-order valence-corrected chi connectivity index (χ0v) is 48.3. The molecule has 0 radical (unpaired) electrons. The third-order valence-electron chi connectivity index (χ3n) is 13.0. The molecule has 0 spiro atoms. The second-order valence-corrected chi connectivity index (χ2v) is 20.2. The van der Waals surface area contributed by atoms with E-state index in [9.17, 15) is 14.4 Å². The van der Waals surface area contributed by atoms with Crippen molar-refractivity contribution in [1.82, 2.24) is 0 Å². The van der Waals surface area contributed by atoms with Crippen LogP contribution in [0, 0.1) is 0 Å². The average Bonchev–Trinajstić information content (AvgIpc) is 3.40. The molecule has 0 saturated heterocycles. The summed E-state index contributed by atoms with van der Waals surface area (Å²) in [6, 6.07) is 0. The number of hydrogen-bond donors (Lipinski definition) is 0. The fraction of sp³-hybridized carbons (Fsp3) is 0.691. The van der Waals surface area contributed by atoms with Crippen LogP contribution in [0.3, 0.4) is 0 Å². The molecule has 0 bridgehead atoms. The molecule has 0 heterocycles. The van der Waals surface area contributed by atoms with Crippen LogP contribution in [0.5, 0.6) is 0 Å². The van der Waals surface area contributed by atoms with Gasteiger partial charge in [0, 0.05) is 19.3 Å². The normalized spacial score (nSPS) is 12.9. The van der Waals surface area contributed by atoms with E-state index in [4.69, 9.17) is 14.2 Å². The summed E-state index contributed by atoms with van der Waals surface area (Å²) in [6.45, 7) is 6.45. The Balaban J connectivity index is 4.16. The van der Waals surface area contributed by atoms with Crippen LogP contribution in [0.1, 0.15) is 284 Å². The van der Waals surface area contributed by atoms with Crippen LogP contribution in [-0.2, 0) is 28.6 Å². The zero-order chi connectivity index (χ0) is 53.6. The number of allylic oxidation sites excluding steroid dienone is 18. The molecule has 0 aromatic heterocycles. The van der Waals surface area contributed by atoms with E-state index in [2.05, 4.69) is 130 Å². The largest absolute Gasteiger partial charge is 0.462 e. The van der Waals surface area contributed by atoms with Crippen LogP contribution in [0.15, 0.2) is 109 Å². The maximum absolute atomic E-state index is 12.8. The Morgan fingerprint density at radius 3 is 0.824 bits per heavy atom. The lowest BCUT2D eigenvalue weighted by molar-refractivity contribution is -0.167. The number of esters is 3. The summed E-state index contributed by atoms with van der Waals surface area (Å²) in [4.78, 5) is 38.0. The Morgan fingerprint density at radius 2 is 0.527 bits per heavy atom. The molecule has 0 fully saturated rings. The van der Waals surface area contributed by atoms with Gasteiger partial charge in [0.2, 0.25) is 0 Å². The zero-order valence-electron chi connectivity index (χ0n) is 48.3.